The topological polar surface area (TPSA) is 143 Å². The number of aryl methyl sites for hydroxylation is 1. The molecule has 0 unspecified atom stereocenters. The van der Waals surface area contributed by atoms with Crippen LogP contribution in [0.3, 0.4) is 0 Å². The SMILES string of the molecule is CCc1c(N2CCN(C(=O)c3ccc4c(c3)CCC(=O)N4)CC2)c(=O)n2nc(C3=CCOCC3)nc2n1CC(=O)Nc1ccc(C(F)(F)F)cc1Cl. The number of nitrogens with zero attached hydrogens (tertiary/aromatic N) is 6. The Morgan fingerprint density at radius 2 is 1.83 bits per heavy atom. The number of nitrogens with one attached hydrogen (secondary N) is 2. The van der Waals surface area contributed by atoms with Crippen molar-refractivity contribution in [2.45, 2.75) is 45.3 Å². The Morgan fingerprint density at radius 1 is 1.04 bits per heavy atom. The molecule has 3 amide bonds. The molecule has 3 aliphatic heterocycles. The summed E-state index contributed by atoms with van der Waals surface area (Å²) in [5, 5.41) is 9.69. The van der Waals surface area contributed by atoms with E-state index in [2.05, 4.69) is 20.7 Å². The van der Waals surface area contributed by atoms with E-state index in [-0.39, 0.29) is 34.8 Å². The highest BCUT2D eigenvalue weighted by molar-refractivity contribution is 6.33. The highest BCUT2D eigenvalue weighted by Crippen LogP contribution is 2.34. The molecule has 0 bridgehead atoms. The lowest BCUT2D eigenvalue weighted by molar-refractivity contribution is -0.137. The number of anilines is 3. The van der Waals surface area contributed by atoms with Crippen molar-refractivity contribution in [2.75, 3.05) is 54.9 Å². The van der Waals surface area contributed by atoms with Crippen LogP contribution in [0.15, 0.2) is 47.3 Å². The van der Waals surface area contributed by atoms with Crippen molar-refractivity contribution in [2.24, 2.45) is 0 Å². The highest BCUT2D eigenvalue weighted by atomic mass is 35.5. The molecular weight excluding hydrogens is 705 g/mol. The van der Waals surface area contributed by atoms with E-state index in [1.54, 1.807) is 21.6 Å². The fourth-order valence-corrected chi connectivity index (χ4v) is 6.98. The van der Waals surface area contributed by atoms with Crippen LogP contribution in [0.25, 0.3) is 11.4 Å². The van der Waals surface area contributed by atoms with E-state index in [1.807, 2.05) is 24.0 Å². The molecular formula is C35H34ClF3N8O5. The summed E-state index contributed by atoms with van der Waals surface area (Å²) in [6.07, 6.45) is -1.02. The lowest BCUT2D eigenvalue weighted by Gasteiger charge is -2.37. The zero-order valence-electron chi connectivity index (χ0n) is 28.1. The van der Waals surface area contributed by atoms with E-state index in [1.165, 1.54) is 4.52 Å². The Kier molecular flexibility index (Phi) is 9.52. The van der Waals surface area contributed by atoms with Gasteiger partial charge in [0.05, 0.1) is 35.2 Å². The van der Waals surface area contributed by atoms with Gasteiger partial charge in [0.1, 0.15) is 12.2 Å². The number of rotatable bonds is 7. The molecule has 13 nitrogen and oxygen atoms in total. The largest absolute Gasteiger partial charge is 0.416 e. The second-order valence-electron chi connectivity index (χ2n) is 12.7. The van der Waals surface area contributed by atoms with Gasteiger partial charge < -0.3 is 29.7 Å². The minimum Gasteiger partial charge on any atom is -0.377 e. The van der Waals surface area contributed by atoms with Gasteiger partial charge in [-0.05, 0) is 66.8 Å². The first-order chi connectivity index (χ1) is 24.9. The van der Waals surface area contributed by atoms with Crippen LogP contribution in [0.5, 0.6) is 0 Å². The molecule has 1 saturated heterocycles. The van der Waals surface area contributed by atoms with Crippen LogP contribution < -0.4 is 21.1 Å². The molecule has 0 saturated carbocycles. The Bertz CT molecular complexity index is 2190. The summed E-state index contributed by atoms with van der Waals surface area (Å²) in [5.74, 6) is -0.382. The number of benzene rings is 2. The van der Waals surface area contributed by atoms with Gasteiger partial charge in [0.25, 0.3) is 11.5 Å². The number of carbonyl (C=O) groups is 3. The Labute approximate surface area is 300 Å². The van der Waals surface area contributed by atoms with E-state index in [0.717, 1.165) is 29.3 Å². The second-order valence-corrected chi connectivity index (χ2v) is 13.1. The summed E-state index contributed by atoms with van der Waals surface area (Å²) in [4.78, 5) is 61.3. The highest BCUT2D eigenvalue weighted by Gasteiger charge is 2.32. The van der Waals surface area contributed by atoms with Gasteiger partial charge >= 0.3 is 6.18 Å². The fourth-order valence-electron chi connectivity index (χ4n) is 6.75. The summed E-state index contributed by atoms with van der Waals surface area (Å²) in [6.45, 7) is 3.57. The van der Waals surface area contributed by atoms with Crippen LogP contribution in [-0.2, 0) is 39.9 Å². The Balaban J connectivity index is 1.19. The molecule has 0 aliphatic carbocycles. The van der Waals surface area contributed by atoms with Crippen molar-refractivity contribution in [1.82, 2.24) is 24.1 Å². The monoisotopic (exact) mass is 738 g/mol. The number of halogens is 4. The smallest absolute Gasteiger partial charge is 0.377 e. The molecule has 0 atom stereocenters. The lowest BCUT2D eigenvalue weighted by Crippen LogP contribution is -2.51. The molecule has 272 valence electrons. The van der Waals surface area contributed by atoms with E-state index in [4.69, 9.17) is 16.3 Å². The van der Waals surface area contributed by atoms with Crippen LogP contribution in [0.2, 0.25) is 5.02 Å². The molecule has 4 aromatic rings. The number of ether oxygens (including phenoxy) is 1. The maximum atomic E-state index is 14.2. The van der Waals surface area contributed by atoms with Crippen LogP contribution in [0.1, 0.15) is 52.8 Å². The van der Waals surface area contributed by atoms with Gasteiger partial charge in [-0.2, -0.15) is 22.7 Å². The van der Waals surface area contributed by atoms with Gasteiger partial charge in [0.2, 0.25) is 17.6 Å². The predicted octanol–water partition coefficient (Wildman–Crippen LogP) is 4.42. The molecule has 0 spiro atoms. The van der Waals surface area contributed by atoms with Crippen LogP contribution in [0.4, 0.5) is 30.2 Å². The molecule has 52 heavy (non-hydrogen) atoms. The van der Waals surface area contributed by atoms with Crippen molar-refractivity contribution in [1.29, 1.82) is 0 Å². The van der Waals surface area contributed by atoms with Crippen LogP contribution in [-0.4, -0.2) is 81.2 Å². The third-order valence-corrected chi connectivity index (χ3v) is 9.73. The molecule has 5 heterocycles. The van der Waals surface area contributed by atoms with Gasteiger partial charge in [-0.3, -0.25) is 19.2 Å². The summed E-state index contributed by atoms with van der Waals surface area (Å²) in [6, 6.07) is 7.91. The summed E-state index contributed by atoms with van der Waals surface area (Å²) in [5.41, 5.74) is 2.33. The number of hydrogen-bond acceptors (Lipinski definition) is 8. The molecule has 1 fully saturated rings. The molecule has 2 N–H and O–H groups in total. The number of carbonyl (C=O) groups excluding carboxylic acids is 3. The van der Waals surface area contributed by atoms with Crippen molar-refractivity contribution < 1.29 is 32.3 Å². The van der Waals surface area contributed by atoms with E-state index >= 15 is 0 Å². The molecule has 2 aromatic carbocycles. The molecule has 0 radical (unpaired) electrons. The average Bonchev–Trinajstić information content (AvgIpc) is 3.59. The third-order valence-electron chi connectivity index (χ3n) is 9.41. The standard InChI is InChI=1S/C35H34ClF3N8O5/c1-2-27-30(44-11-13-45(14-12-44)32(50)22-3-6-25-21(17-22)4-8-28(48)40-25)33(51)47-34(42-31(43-47)20-9-15-52-16-10-20)46(27)19-29(49)41-26-7-5-23(18-24(26)36)35(37,38)39/h3,5-7,9,17-18H,2,4,8,10-16,19H2,1H3,(H,40,48)(H,41,49). The first kappa shape index (κ1) is 35.2. The fraction of sp³-hybridized carbons (Fsp3) is 0.371. The zero-order chi connectivity index (χ0) is 36.7. The van der Waals surface area contributed by atoms with Gasteiger partial charge in [0.15, 0.2) is 5.82 Å². The summed E-state index contributed by atoms with van der Waals surface area (Å²) < 4.78 is 47.8. The van der Waals surface area contributed by atoms with Crippen LogP contribution >= 0.6 is 11.6 Å². The minimum absolute atomic E-state index is 0.00557. The van der Waals surface area contributed by atoms with Crippen molar-refractivity contribution in [3.05, 3.63) is 86.1 Å². The lowest BCUT2D eigenvalue weighted by atomic mass is 10.00. The van der Waals surface area contributed by atoms with Crippen LogP contribution in [0, 0.1) is 0 Å². The van der Waals surface area contributed by atoms with Gasteiger partial charge in [-0.1, -0.05) is 24.6 Å². The van der Waals surface area contributed by atoms with E-state index in [9.17, 15) is 32.3 Å². The Hall–Kier alpha value is -5.22. The predicted molar refractivity (Wildman–Crippen MR) is 187 cm³/mol. The van der Waals surface area contributed by atoms with Crippen molar-refractivity contribution in [3.63, 3.8) is 0 Å². The Morgan fingerprint density at radius 3 is 2.52 bits per heavy atom. The normalized spacial score (nSPS) is 16.4. The number of amides is 3. The summed E-state index contributed by atoms with van der Waals surface area (Å²) >= 11 is 6.13. The summed E-state index contributed by atoms with van der Waals surface area (Å²) in [7, 11) is 0. The quantitative estimate of drug-likeness (QED) is 0.284. The zero-order valence-corrected chi connectivity index (χ0v) is 28.8. The number of alkyl halides is 3. The van der Waals surface area contributed by atoms with E-state index in [0.29, 0.717) is 93.5 Å². The second kappa shape index (κ2) is 14.1. The molecule has 3 aliphatic rings. The van der Waals surface area contributed by atoms with Gasteiger partial charge in [0, 0.05) is 43.9 Å². The van der Waals surface area contributed by atoms with Crippen molar-refractivity contribution >= 4 is 57.7 Å². The minimum atomic E-state index is -4.61. The maximum absolute atomic E-state index is 14.2. The van der Waals surface area contributed by atoms with Gasteiger partial charge in [-0.15, -0.1) is 5.10 Å². The molecule has 2 aromatic heterocycles. The molecule has 7 rings (SSSR count). The first-order valence-electron chi connectivity index (χ1n) is 16.8. The number of fused-ring (bicyclic) bond motifs is 2. The maximum Gasteiger partial charge on any atom is 0.416 e. The van der Waals surface area contributed by atoms with E-state index < -0.39 is 23.2 Å². The number of hydrogen-bond donors (Lipinski definition) is 2. The molecule has 17 heteroatoms. The number of aromatic nitrogens is 4. The van der Waals surface area contributed by atoms with Crippen molar-refractivity contribution in [3.8, 4) is 0 Å². The van der Waals surface area contributed by atoms with Gasteiger partial charge in [-0.25, -0.2) is 0 Å². The number of piperazine rings is 1. The first-order valence-corrected chi connectivity index (χ1v) is 17.2. The third kappa shape index (κ3) is 6.87. The average molecular weight is 739 g/mol.